The van der Waals surface area contributed by atoms with Crippen LogP contribution in [0.2, 0.25) is 0 Å². The smallest absolute Gasteiger partial charge is 0.0110 e. The van der Waals surface area contributed by atoms with Crippen LogP contribution in [0.1, 0.15) is 32.1 Å². The molecule has 0 aromatic heterocycles. The summed E-state index contributed by atoms with van der Waals surface area (Å²) in [5, 5.41) is 3.60. The predicted molar refractivity (Wildman–Crippen MR) is 71.2 cm³/mol. The average Bonchev–Trinajstić information content (AvgIpc) is 3.02. The van der Waals surface area contributed by atoms with Gasteiger partial charge in [0.2, 0.25) is 0 Å². The fraction of sp³-hybridized carbons (Fsp3) is 1.00. The van der Waals surface area contributed by atoms with Crippen LogP contribution in [0, 0.1) is 5.92 Å². The van der Waals surface area contributed by atoms with Gasteiger partial charge in [0.1, 0.15) is 0 Å². The molecule has 98 valence electrons. The normalized spacial score (nSPS) is 32.1. The third kappa shape index (κ3) is 3.67. The molecule has 0 bridgehead atoms. The Bertz CT molecular complexity index is 226. The lowest BCUT2D eigenvalue weighted by Gasteiger charge is -2.35. The Labute approximate surface area is 106 Å². The van der Waals surface area contributed by atoms with Crippen molar-refractivity contribution in [3.8, 4) is 0 Å². The lowest BCUT2D eigenvalue weighted by molar-refractivity contribution is 0.125. The van der Waals surface area contributed by atoms with E-state index in [2.05, 4.69) is 15.1 Å². The molecular formula is C14H27N3. The summed E-state index contributed by atoms with van der Waals surface area (Å²) in [5.74, 6) is 1.06. The van der Waals surface area contributed by atoms with E-state index in [1.807, 2.05) is 0 Å². The summed E-state index contributed by atoms with van der Waals surface area (Å²) >= 11 is 0. The Hall–Kier alpha value is -0.120. The molecule has 2 saturated heterocycles. The molecule has 17 heavy (non-hydrogen) atoms. The minimum Gasteiger partial charge on any atom is -0.314 e. The zero-order chi connectivity index (χ0) is 11.5. The first-order chi connectivity index (χ1) is 8.40. The molecule has 1 atom stereocenters. The van der Waals surface area contributed by atoms with E-state index >= 15 is 0 Å². The quantitative estimate of drug-likeness (QED) is 0.774. The van der Waals surface area contributed by atoms with Crippen LogP contribution in [0.15, 0.2) is 0 Å². The number of nitrogens with zero attached hydrogens (tertiary/aromatic N) is 2. The van der Waals surface area contributed by atoms with Gasteiger partial charge in [0.05, 0.1) is 0 Å². The lowest BCUT2D eigenvalue weighted by Crippen LogP contribution is -2.47. The Balaban J connectivity index is 1.30. The van der Waals surface area contributed by atoms with Crippen LogP contribution in [0.25, 0.3) is 0 Å². The zero-order valence-electron chi connectivity index (χ0n) is 11.0. The molecule has 1 N–H and O–H groups in total. The van der Waals surface area contributed by atoms with Crippen molar-refractivity contribution in [2.45, 2.75) is 38.1 Å². The third-order valence-corrected chi connectivity index (χ3v) is 4.63. The minimum atomic E-state index is 0.819. The maximum absolute atomic E-state index is 3.60. The molecule has 0 amide bonds. The molecule has 0 aromatic rings. The number of nitrogens with one attached hydrogen (secondary N) is 1. The van der Waals surface area contributed by atoms with Gasteiger partial charge >= 0.3 is 0 Å². The summed E-state index contributed by atoms with van der Waals surface area (Å²) < 4.78 is 0. The van der Waals surface area contributed by atoms with Crippen molar-refractivity contribution in [1.29, 1.82) is 0 Å². The van der Waals surface area contributed by atoms with Crippen LogP contribution in [0.4, 0.5) is 0 Å². The molecule has 3 fully saturated rings. The second-order valence-electron chi connectivity index (χ2n) is 6.17. The van der Waals surface area contributed by atoms with Crippen molar-refractivity contribution in [3.05, 3.63) is 0 Å². The summed E-state index contributed by atoms with van der Waals surface area (Å²) in [5.41, 5.74) is 0. The molecule has 0 spiro atoms. The second kappa shape index (κ2) is 5.68. The van der Waals surface area contributed by atoms with Gasteiger partial charge in [-0.1, -0.05) is 0 Å². The minimum absolute atomic E-state index is 0.819. The van der Waals surface area contributed by atoms with E-state index in [1.165, 1.54) is 77.9 Å². The van der Waals surface area contributed by atoms with Crippen molar-refractivity contribution in [1.82, 2.24) is 15.1 Å². The molecular weight excluding hydrogens is 210 g/mol. The van der Waals surface area contributed by atoms with Crippen LogP contribution < -0.4 is 5.32 Å². The summed E-state index contributed by atoms with van der Waals surface area (Å²) in [6.07, 6.45) is 7.14. The largest absolute Gasteiger partial charge is 0.314 e. The van der Waals surface area contributed by atoms with Crippen LogP contribution >= 0.6 is 0 Å². The SMILES string of the molecule is C1CNC(CCN2CCN(CC3CC3)CC2)C1. The number of rotatable bonds is 5. The number of hydrogen-bond donors (Lipinski definition) is 1. The van der Waals surface area contributed by atoms with Gasteiger partial charge in [-0.15, -0.1) is 0 Å². The Morgan fingerprint density at radius 3 is 2.35 bits per heavy atom. The molecule has 3 heteroatoms. The molecule has 3 aliphatic rings. The van der Waals surface area contributed by atoms with Gasteiger partial charge in [0.25, 0.3) is 0 Å². The molecule has 3 rings (SSSR count). The van der Waals surface area contributed by atoms with Gasteiger partial charge in [-0.25, -0.2) is 0 Å². The van der Waals surface area contributed by atoms with Crippen LogP contribution in [-0.4, -0.2) is 61.7 Å². The number of piperazine rings is 1. The van der Waals surface area contributed by atoms with E-state index < -0.39 is 0 Å². The molecule has 1 saturated carbocycles. The molecule has 2 aliphatic heterocycles. The average molecular weight is 237 g/mol. The highest BCUT2D eigenvalue weighted by Crippen LogP contribution is 2.29. The van der Waals surface area contributed by atoms with Crippen LogP contribution in [0.3, 0.4) is 0 Å². The fourth-order valence-electron chi connectivity index (χ4n) is 3.20. The Kier molecular flexibility index (Phi) is 3.99. The predicted octanol–water partition coefficient (Wildman–Crippen LogP) is 1.16. The number of hydrogen-bond acceptors (Lipinski definition) is 3. The molecule has 3 nitrogen and oxygen atoms in total. The molecule has 1 unspecified atom stereocenters. The molecule has 2 heterocycles. The van der Waals surface area contributed by atoms with Crippen molar-refractivity contribution < 1.29 is 0 Å². The van der Waals surface area contributed by atoms with Gasteiger partial charge < -0.3 is 15.1 Å². The lowest BCUT2D eigenvalue weighted by atomic mass is 10.1. The summed E-state index contributed by atoms with van der Waals surface area (Å²) in [4.78, 5) is 5.35. The third-order valence-electron chi connectivity index (χ3n) is 4.63. The van der Waals surface area contributed by atoms with Crippen molar-refractivity contribution >= 4 is 0 Å². The molecule has 1 aliphatic carbocycles. The topological polar surface area (TPSA) is 18.5 Å². The highest BCUT2D eigenvalue weighted by molar-refractivity contribution is 4.81. The van der Waals surface area contributed by atoms with Crippen LogP contribution in [0.5, 0.6) is 0 Å². The van der Waals surface area contributed by atoms with Crippen molar-refractivity contribution in [3.63, 3.8) is 0 Å². The second-order valence-corrected chi connectivity index (χ2v) is 6.17. The molecule has 0 aromatic carbocycles. The van der Waals surface area contributed by atoms with Crippen molar-refractivity contribution in [2.75, 3.05) is 45.8 Å². The zero-order valence-corrected chi connectivity index (χ0v) is 11.0. The maximum Gasteiger partial charge on any atom is 0.0110 e. The Morgan fingerprint density at radius 2 is 1.71 bits per heavy atom. The first kappa shape index (κ1) is 11.9. The van der Waals surface area contributed by atoms with E-state index in [-0.39, 0.29) is 0 Å². The first-order valence-electron chi connectivity index (χ1n) is 7.58. The summed E-state index contributed by atoms with van der Waals surface area (Å²) in [6, 6.07) is 0.819. The van der Waals surface area contributed by atoms with E-state index in [9.17, 15) is 0 Å². The van der Waals surface area contributed by atoms with E-state index in [0.717, 1.165) is 12.0 Å². The van der Waals surface area contributed by atoms with Crippen LogP contribution in [-0.2, 0) is 0 Å². The Morgan fingerprint density at radius 1 is 0.941 bits per heavy atom. The van der Waals surface area contributed by atoms with Gasteiger partial charge in [-0.3, -0.25) is 0 Å². The highest BCUT2D eigenvalue weighted by atomic mass is 15.3. The van der Waals surface area contributed by atoms with Gasteiger partial charge in [0.15, 0.2) is 0 Å². The van der Waals surface area contributed by atoms with Gasteiger partial charge in [-0.2, -0.15) is 0 Å². The summed E-state index contributed by atoms with van der Waals surface area (Å²) in [6.45, 7) is 9.19. The van der Waals surface area contributed by atoms with E-state index in [1.54, 1.807) is 0 Å². The molecule has 0 radical (unpaired) electrons. The monoisotopic (exact) mass is 237 g/mol. The fourth-order valence-corrected chi connectivity index (χ4v) is 3.20. The maximum atomic E-state index is 3.60. The highest BCUT2D eigenvalue weighted by Gasteiger charge is 2.26. The van der Waals surface area contributed by atoms with E-state index in [0.29, 0.717) is 0 Å². The van der Waals surface area contributed by atoms with E-state index in [4.69, 9.17) is 0 Å². The van der Waals surface area contributed by atoms with Crippen molar-refractivity contribution in [2.24, 2.45) is 5.92 Å². The summed E-state index contributed by atoms with van der Waals surface area (Å²) in [7, 11) is 0. The van der Waals surface area contributed by atoms with Gasteiger partial charge in [0, 0.05) is 38.8 Å². The first-order valence-corrected chi connectivity index (χ1v) is 7.58. The van der Waals surface area contributed by atoms with Gasteiger partial charge in [-0.05, 0) is 51.1 Å². The standard InChI is InChI=1S/C14H27N3/c1-2-14(15-6-1)5-7-16-8-10-17(11-9-16)12-13-3-4-13/h13-15H,1-12H2.